The van der Waals surface area contributed by atoms with Crippen LogP contribution in [0.4, 0.5) is 0 Å². The minimum absolute atomic E-state index is 0.136. The Hall–Kier alpha value is -3.80. The van der Waals surface area contributed by atoms with E-state index in [-0.39, 0.29) is 30.3 Å². The predicted molar refractivity (Wildman–Crippen MR) is 115 cm³/mol. The fourth-order valence-corrected chi connectivity index (χ4v) is 3.48. The molecule has 2 aromatic heterocycles. The Kier molecular flexibility index (Phi) is 5.39. The molecule has 0 bridgehead atoms. The van der Waals surface area contributed by atoms with Gasteiger partial charge in [-0.3, -0.25) is 9.59 Å². The molecule has 0 spiro atoms. The first kappa shape index (κ1) is 19.5. The molecule has 0 radical (unpaired) electrons. The molecule has 1 amide bonds. The number of amides is 1. The number of furan rings is 1. The monoisotopic (exact) mass is 402 g/mol. The molecule has 4 aromatic rings. The van der Waals surface area contributed by atoms with Gasteiger partial charge in [-0.1, -0.05) is 30.3 Å². The Morgan fingerprint density at radius 1 is 1.03 bits per heavy atom. The van der Waals surface area contributed by atoms with Crippen LogP contribution in [0.5, 0.6) is 5.75 Å². The summed E-state index contributed by atoms with van der Waals surface area (Å²) in [4.78, 5) is 30.3. The first-order chi connectivity index (χ1) is 14.5. The third-order valence-electron chi connectivity index (χ3n) is 5.01. The number of methoxy groups -OCH3 is 1. The van der Waals surface area contributed by atoms with Crippen LogP contribution in [0.2, 0.25) is 0 Å². The molecule has 0 aliphatic carbocycles. The molecule has 0 aliphatic heterocycles. The number of para-hydroxylation sites is 1. The third-order valence-corrected chi connectivity index (χ3v) is 5.01. The molecule has 152 valence electrons. The van der Waals surface area contributed by atoms with Crippen LogP contribution in [0.25, 0.3) is 10.9 Å². The average Bonchev–Trinajstić information content (AvgIpc) is 3.28. The summed E-state index contributed by atoms with van der Waals surface area (Å²) in [6.07, 6.45) is 1.46. The lowest BCUT2D eigenvalue weighted by atomic mass is 10.1. The number of aromatic amines is 1. The number of rotatable bonds is 6. The van der Waals surface area contributed by atoms with Gasteiger partial charge in [0.2, 0.25) is 0 Å². The van der Waals surface area contributed by atoms with Crippen LogP contribution in [-0.4, -0.2) is 22.9 Å². The number of benzene rings is 2. The van der Waals surface area contributed by atoms with E-state index in [1.807, 2.05) is 55.5 Å². The molecule has 0 saturated carbocycles. The molecule has 0 saturated heterocycles. The molecule has 6 heteroatoms. The maximum absolute atomic E-state index is 13.1. The van der Waals surface area contributed by atoms with Gasteiger partial charge in [0, 0.05) is 16.6 Å². The molecule has 30 heavy (non-hydrogen) atoms. The fraction of sp³-hybridized carbons (Fsp3) is 0.167. The zero-order valence-corrected chi connectivity index (χ0v) is 16.8. The first-order valence-electron chi connectivity index (χ1n) is 9.62. The molecule has 0 aliphatic rings. The lowest BCUT2D eigenvalue weighted by Crippen LogP contribution is -2.32. The number of pyridine rings is 1. The number of carbonyl (C=O) groups excluding carboxylic acids is 1. The van der Waals surface area contributed by atoms with E-state index in [1.165, 1.54) is 6.26 Å². The number of hydrogen-bond acceptors (Lipinski definition) is 4. The van der Waals surface area contributed by atoms with Gasteiger partial charge in [-0.2, -0.15) is 0 Å². The molecule has 4 rings (SSSR count). The van der Waals surface area contributed by atoms with Crippen LogP contribution in [-0.2, 0) is 13.1 Å². The summed E-state index contributed by atoms with van der Waals surface area (Å²) in [7, 11) is 1.59. The van der Waals surface area contributed by atoms with Crippen molar-refractivity contribution in [3.63, 3.8) is 0 Å². The Balaban J connectivity index is 1.72. The minimum Gasteiger partial charge on any atom is -0.496 e. The smallest absolute Gasteiger partial charge is 0.290 e. The van der Waals surface area contributed by atoms with Gasteiger partial charge in [-0.05, 0) is 48.2 Å². The summed E-state index contributed by atoms with van der Waals surface area (Å²) in [5.41, 5.74) is 2.97. The number of hydrogen-bond donors (Lipinski definition) is 1. The van der Waals surface area contributed by atoms with Crippen LogP contribution in [0.3, 0.4) is 0 Å². The van der Waals surface area contributed by atoms with Crippen molar-refractivity contribution in [2.24, 2.45) is 0 Å². The molecular formula is C24H22N2O4. The quantitative estimate of drug-likeness (QED) is 0.522. The highest BCUT2D eigenvalue weighted by atomic mass is 16.5. The van der Waals surface area contributed by atoms with Gasteiger partial charge < -0.3 is 19.0 Å². The molecule has 6 nitrogen and oxygen atoms in total. The van der Waals surface area contributed by atoms with E-state index in [0.29, 0.717) is 11.3 Å². The van der Waals surface area contributed by atoms with Crippen LogP contribution < -0.4 is 10.3 Å². The van der Waals surface area contributed by atoms with Crippen molar-refractivity contribution in [2.75, 3.05) is 7.11 Å². The Morgan fingerprint density at radius 3 is 2.60 bits per heavy atom. The highest BCUT2D eigenvalue weighted by Gasteiger charge is 2.21. The maximum Gasteiger partial charge on any atom is 0.290 e. The van der Waals surface area contributed by atoms with Crippen molar-refractivity contribution < 1.29 is 13.9 Å². The lowest BCUT2D eigenvalue weighted by molar-refractivity contribution is 0.0696. The molecular weight excluding hydrogens is 380 g/mol. The van der Waals surface area contributed by atoms with Crippen LogP contribution in [0, 0.1) is 6.92 Å². The van der Waals surface area contributed by atoms with Gasteiger partial charge >= 0.3 is 0 Å². The number of nitrogens with zero attached hydrogens (tertiary/aromatic N) is 1. The van der Waals surface area contributed by atoms with Crippen LogP contribution >= 0.6 is 0 Å². The van der Waals surface area contributed by atoms with Crippen molar-refractivity contribution in [1.29, 1.82) is 0 Å². The van der Waals surface area contributed by atoms with E-state index in [2.05, 4.69) is 4.98 Å². The van der Waals surface area contributed by atoms with Gasteiger partial charge in [0.25, 0.3) is 11.5 Å². The summed E-state index contributed by atoms with van der Waals surface area (Å²) >= 11 is 0. The Labute approximate surface area is 173 Å². The zero-order valence-electron chi connectivity index (χ0n) is 16.8. The summed E-state index contributed by atoms with van der Waals surface area (Å²) < 4.78 is 10.7. The molecule has 0 unspecified atom stereocenters. The largest absolute Gasteiger partial charge is 0.496 e. The van der Waals surface area contributed by atoms with Gasteiger partial charge in [0.1, 0.15) is 5.75 Å². The topological polar surface area (TPSA) is 75.5 Å². The number of fused-ring (bicyclic) bond motifs is 1. The molecule has 2 aromatic carbocycles. The summed E-state index contributed by atoms with van der Waals surface area (Å²) in [6, 6.07) is 18.5. The molecule has 0 atom stereocenters. The van der Waals surface area contributed by atoms with Crippen LogP contribution in [0.15, 0.2) is 76.1 Å². The normalized spacial score (nSPS) is 10.9. The average molecular weight is 402 g/mol. The second-order valence-electron chi connectivity index (χ2n) is 7.16. The minimum atomic E-state index is -0.297. The fourth-order valence-electron chi connectivity index (χ4n) is 3.48. The second kappa shape index (κ2) is 8.29. The number of ether oxygens (including phenoxy) is 1. The molecule has 1 N–H and O–H groups in total. The number of aryl methyl sites for hydroxylation is 1. The maximum atomic E-state index is 13.1. The van der Waals surface area contributed by atoms with Crippen LogP contribution in [0.1, 0.15) is 27.2 Å². The van der Waals surface area contributed by atoms with E-state index in [4.69, 9.17) is 9.15 Å². The van der Waals surface area contributed by atoms with Gasteiger partial charge in [-0.25, -0.2) is 0 Å². The summed E-state index contributed by atoms with van der Waals surface area (Å²) in [5.74, 6) is 0.602. The number of aromatic nitrogens is 1. The highest BCUT2D eigenvalue weighted by molar-refractivity contribution is 5.91. The van der Waals surface area contributed by atoms with E-state index < -0.39 is 0 Å². The zero-order chi connectivity index (χ0) is 21.1. The first-order valence-corrected chi connectivity index (χ1v) is 9.62. The van der Waals surface area contributed by atoms with Crippen molar-refractivity contribution in [2.45, 2.75) is 20.0 Å². The predicted octanol–water partition coefficient (Wildman–Crippen LogP) is 4.28. The van der Waals surface area contributed by atoms with Crippen molar-refractivity contribution in [3.05, 3.63) is 99.7 Å². The van der Waals surface area contributed by atoms with Gasteiger partial charge in [-0.15, -0.1) is 0 Å². The van der Waals surface area contributed by atoms with Gasteiger partial charge in [0.15, 0.2) is 5.76 Å². The number of carbonyl (C=O) groups is 1. The summed E-state index contributed by atoms with van der Waals surface area (Å²) in [5, 5.41) is 0.915. The lowest BCUT2D eigenvalue weighted by Gasteiger charge is -2.23. The van der Waals surface area contributed by atoms with Crippen molar-refractivity contribution >= 4 is 16.8 Å². The second-order valence-corrected chi connectivity index (χ2v) is 7.16. The third kappa shape index (κ3) is 3.98. The Morgan fingerprint density at radius 2 is 1.83 bits per heavy atom. The standard InChI is InChI=1S/C24H22N2O4/c1-16-9-10-17-13-19(23(27)25-20(17)12-16)15-26(24(28)22-8-5-11-30-22)14-18-6-3-4-7-21(18)29-2/h3-13H,14-15H2,1-2H3,(H,25,27). The highest BCUT2D eigenvalue weighted by Crippen LogP contribution is 2.22. The van der Waals surface area contributed by atoms with E-state index in [0.717, 1.165) is 22.0 Å². The van der Waals surface area contributed by atoms with E-state index >= 15 is 0 Å². The van der Waals surface area contributed by atoms with Crippen molar-refractivity contribution in [1.82, 2.24) is 9.88 Å². The van der Waals surface area contributed by atoms with Gasteiger partial charge in [0.05, 0.1) is 26.5 Å². The SMILES string of the molecule is COc1ccccc1CN(Cc1cc2ccc(C)cc2[nH]c1=O)C(=O)c1ccco1. The van der Waals surface area contributed by atoms with Crippen molar-refractivity contribution in [3.8, 4) is 5.75 Å². The number of H-pyrrole nitrogens is 1. The summed E-state index contributed by atoms with van der Waals surface area (Å²) in [6.45, 7) is 2.38. The van der Waals surface area contributed by atoms with E-state index in [9.17, 15) is 9.59 Å². The number of nitrogens with one attached hydrogen (secondary N) is 1. The Bertz CT molecular complexity index is 1240. The molecule has 2 heterocycles. The molecule has 0 fully saturated rings. The van der Waals surface area contributed by atoms with E-state index in [1.54, 1.807) is 24.1 Å².